The fourth-order valence-electron chi connectivity index (χ4n) is 2.70. The minimum Gasteiger partial charge on any atom is -0.488 e. The van der Waals surface area contributed by atoms with Crippen molar-refractivity contribution in [3.63, 3.8) is 0 Å². The zero-order valence-electron chi connectivity index (χ0n) is 16.2. The standard InChI is InChI=1S/C24H17ClN2O4/c25-20-5-3-6-21(13-20)27-23(28)19(14-26)12-18-4-1-2-7-22(18)31-15-16-8-10-17(11-9-16)24(29)30/h1-13H,15H2,(H,27,28)(H,29,30)/b19-12+. The van der Waals surface area contributed by atoms with E-state index < -0.39 is 11.9 Å². The van der Waals surface area contributed by atoms with Gasteiger partial charge >= 0.3 is 5.97 Å². The Morgan fingerprint density at radius 1 is 1.06 bits per heavy atom. The number of carboxylic acids is 1. The van der Waals surface area contributed by atoms with Crippen molar-refractivity contribution in [3.05, 3.63) is 100 Å². The number of para-hydroxylation sites is 1. The summed E-state index contributed by atoms with van der Waals surface area (Å²) in [7, 11) is 0. The number of nitrogens with one attached hydrogen (secondary N) is 1. The van der Waals surface area contributed by atoms with Gasteiger partial charge in [-0.05, 0) is 48.0 Å². The number of carboxylic acid groups (broad SMARTS) is 1. The van der Waals surface area contributed by atoms with Crippen molar-refractivity contribution in [1.82, 2.24) is 0 Å². The van der Waals surface area contributed by atoms with E-state index in [0.29, 0.717) is 22.0 Å². The molecule has 154 valence electrons. The highest BCUT2D eigenvalue weighted by atomic mass is 35.5. The molecule has 2 N–H and O–H groups in total. The molecular weight excluding hydrogens is 416 g/mol. The molecule has 0 unspecified atom stereocenters. The van der Waals surface area contributed by atoms with Crippen LogP contribution in [0.15, 0.2) is 78.4 Å². The Balaban J connectivity index is 1.76. The predicted molar refractivity (Wildman–Crippen MR) is 118 cm³/mol. The number of amides is 1. The fraction of sp³-hybridized carbons (Fsp3) is 0.0417. The Kier molecular flexibility index (Phi) is 7.05. The van der Waals surface area contributed by atoms with Crippen LogP contribution in [0, 0.1) is 11.3 Å². The molecule has 3 rings (SSSR count). The number of anilines is 1. The van der Waals surface area contributed by atoms with Crippen molar-refractivity contribution < 1.29 is 19.4 Å². The van der Waals surface area contributed by atoms with E-state index in [0.717, 1.165) is 5.56 Å². The Morgan fingerprint density at radius 2 is 1.81 bits per heavy atom. The van der Waals surface area contributed by atoms with Crippen molar-refractivity contribution in [2.24, 2.45) is 0 Å². The third-order valence-electron chi connectivity index (χ3n) is 4.26. The summed E-state index contributed by atoms with van der Waals surface area (Å²) in [5.41, 5.74) is 1.91. The molecule has 7 heteroatoms. The van der Waals surface area contributed by atoms with E-state index in [2.05, 4.69) is 5.32 Å². The molecule has 0 radical (unpaired) electrons. The van der Waals surface area contributed by atoms with Gasteiger partial charge in [-0.1, -0.05) is 48.0 Å². The average Bonchev–Trinajstić information content (AvgIpc) is 2.77. The molecule has 0 fully saturated rings. The molecule has 0 aliphatic heterocycles. The first-order chi connectivity index (χ1) is 15.0. The van der Waals surface area contributed by atoms with Crippen LogP contribution in [-0.2, 0) is 11.4 Å². The number of halogens is 1. The Morgan fingerprint density at radius 3 is 2.48 bits per heavy atom. The first-order valence-corrected chi connectivity index (χ1v) is 9.57. The van der Waals surface area contributed by atoms with Crippen molar-refractivity contribution in [3.8, 4) is 11.8 Å². The molecule has 0 saturated carbocycles. The molecule has 0 aliphatic rings. The maximum Gasteiger partial charge on any atom is 0.335 e. The second-order valence-corrected chi connectivity index (χ2v) is 6.90. The van der Waals surface area contributed by atoms with Gasteiger partial charge in [-0.3, -0.25) is 4.79 Å². The van der Waals surface area contributed by atoms with E-state index in [-0.39, 0.29) is 17.7 Å². The van der Waals surface area contributed by atoms with E-state index in [1.807, 2.05) is 6.07 Å². The average molecular weight is 433 g/mol. The van der Waals surface area contributed by atoms with Crippen molar-refractivity contribution in [1.29, 1.82) is 5.26 Å². The van der Waals surface area contributed by atoms with Crippen LogP contribution in [-0.4, -0.2) is 17.0 Å². The number of carbonyl (C=O) groups is 2. The fourth-order valence-corrected chi connectivity index (χ4v) is 2.89. The zero-order chi connectivity index (χ0) is 22.2. The third kappa shape index (κ3) is 5.95. The summed E-state index contributed by atoms with van der Waals surface area (Å²) in [6, 6.07) is 21.9. The van der Waals surface area contributed by atoms with Crippen LogP contribution in [0.3, 0.4) is 0 Å². The molecule has 0 heterocycles. The summed E-state index contributed by atoms with van der Waals surface area (Å²) in [5, 5.41) is 21.6. The van der Waals surface area contributed by atoms with Crippen molar-refractivity contribution >= 4 is 35.2 Å². The molecule has 6 nitrogen and oxygen atoms in total. The molecule has 0 spiro atoms. The first-order valence-electron chi connectivity index (χ1n) is 9.19. The van der Waals surface area contributed by atoms with Crippen LogP contribution in [0.4, 0.5) is 5.69 Å². The Hall–Kier alpha value is -4.08. The van der Waals surface area contributed by atoms with Crippen LogP contribution >= 0.6 is 11.6 Å². The lowest BCUT2D eigenvalue weighted by Crippen LogP contribution is -2.13. The maximum absolute atomic E-state index is 12.5. The quantitative estimate of drug-likeness (QED) is 0.396. The zero-order valence-corrected chi connectivity index (χ0v) is 17.0. The highest BCUT2D eigenvalue weighted by Gasteiger charge is 2.12. The van der Waals surface area contributed by atoms with E-state index in [4.69, 9.17) is 21.4 Å². The molecule has 3 aromatic rings. The number of aromatic carboxylic acids is 1. The Bertz CT molecular complexity index is 1180. The van der Waals surface area contributed by atoms with Crippen LogP contribution in [0.5, 0.6) is 5.75 Å². The molecular formula is C24H17ClN2O4. The van der Waals surface area contributed by atoms with Gasteiger partial charge in [0.2, 0.25) is 0 Å². The first kappa shape index (κ1) is 21.6. The molecule has 0 saturated heterocycles. The van der Waals surface area contributed by atoms with Crippen LogP contribution in [0.25, 0.3) is 6.08 Å². The van der Waals surface area contributed by atoms with Crippen LogP contribution in [0.2, 0.25) is 5.02 Å². The minimum absolute atomic E-state index is 0.0955. The lowest BCUT2D eigenvalue weighted by atomic mass is 10.1. The SMILES string of the molecule is N#C/C(=C\c1ccccc1OCc1ccc(C(=O)O)cc1)C(=O)Nc1cccc(Cl)c1. The summed E-state index contributed by atoms with van der Waals surface area (Å²) in [6.07, 6.45) is 1.45. The molecule has 1 amide bonds. The van der Waals surface area contributed by atoms with E-state index in [1.54, 1.807) is 60.7 Å². The summed E-state index contributed by atoms with van der Waals surface area (Å²) in [6.45, 7) is 0.196. The number of benzene rings is 3. The Labute approximate surface area is 184 Å². The van der Waals surface area contributed by atoms with Gasteiger partial charge in [0, 0.05) is 16.3 Å². The summed E-state index contributed by atoms with van der Waals surface area (Å²) in [5.74, 6) is -1.08. The summed E-state index contributed by atoms with van der Waals surface area (Å²) >= 11 is 5.93. The van der Waals surface area contributed by atoms with Gasteiger partial charge in [0.25, 0.3) is 5.91 Å². The molecule has 3 aromatic carbocycles. The van der Waals surface area contributed by atoms with Gasteiger partial charge < -0.3 is 15.2 Å². The van der Waals surface area contributed by atoms with Gasteiger partial charge in [0.05, 0.1) is 5.56 Å². The van der Waals surface area contributed by atoms with Gasteiger partial charge in [-0.25, -0.2) is 4.79 Å². The summed E-state index contributed by atoms with van der Waals surface area (Å²) < 4.78 is 5.83. The lowest BCUT2D eigenvalue weighted by molar-refractivity contribution is -0.112. The maximum atomic E-state index is 12.5. The highest BCUT2D eigenvalue weighted by Crippen LogP contribution is 2.23. The smallest absolute Gasteiger partial charge is 0.335 e. The highest BCUT2D eigenvalue weighted by molar-refractivity contribution is 6.31. The van der Waals surface area contributed by atoms with Gasteiger partial charge in [0.1, 0.15) is 24.0 Å². The predicted octanol–water partition coefficient (Wildman–Crippen LogP) is 5.16. The normalized spacial score (nSPS) is 10.8. The van der Waals surface area contributed by atoms with Crippen LogP contribution < -0.4 is 10.1 Å². The van der Waals surface area contributed by atoms with Crippen molar-refractivity contribution in [2.45, 2.75) is 6.61 Å². The molecule has 31 heavy (non-hydrogen) atoms. The number of nitrogens with zero attached hydrogens (tertiary/aromatic N) is 1. The van der Waals surface area contributed by atoms with Gasteiger partial charge in [0.15, 0.2) is 0 Å². The number of nitriles is 1. The number of hydrogen-bond donors (Lipinski definition) is 2. The van der Waals surface area contributed by atoms with Gasteiger partial charge in [-0.2, -0.15) is 5.26 Å². The third-order valence-corrected chi connectivity index (χ3v) is 4.50. The monoisotopic (exact) mass is 432 g/mol. The number of ether oxygens (including phenoxy) is 1. The van der Waals surface area contributed by atoms with E-state index in [1.165, 1.54) is 18.2 Å². The molecule has 0 aliphatic carbocycles. The summed E-state index contributed by atoms with van der Waals surface area (Å²) in [4.78, 5) is 23.5. The van der Waals surface area contributed by atoms with Crippen molar-refractivity contribution in [2.75, 3.05) is 5.32 Å². The topological polar surface area (TPSA) is 99.4 Å². The van der Waals surface area contributed by atoms with E-state index >= 15 is 0 Å². The van der Waals surface area contributed by atoms with Gasteiger partial charge in [-0.15, -0.1) is 0 Å². The minimum atomic E-state index is -0.997. The molecule has 0 aromatic heterocycles. The largest absolute Gasteiger partial charge is 0.488 e. The van der Waals surface area contributed by atoms with Crippen LogP contribution in [0.1, 0.15) is 21.5 Å². The number of carbonyl (C=O) groups excluding carboxylic acids is 1. The molecule has 0 atom stereocenters. The molecule has 0 bridgehead atoms. The lowest BCUT2D eigenvalue weighted by Gasteiger charge is -2.10. The second-order valence-electron chi connectivity index (χ2n) is 6.46. The second kappa shape index (κ2) is 10.1. The van der Waals surface area contributed by atoms with E-state index in [9.17, 15) is 14.9 Å². The number of hydrogen-bond acceptors (Lipinski definition) is 4. The number of rotatable bonds is 7.